The molecule has 0 bridgehead atoms. The molecule has 0 spiro atoms. The molecule has 0 aromatic heterocycles. The predicted octanol–water partition coefficient (Wildman–Crippen LogP) is 0.450. The minimum atomic E-state index is 0.137. The van der Waals surface area contributed by atoms with Crippen molar-refractivity contribution in [2.75, 3.05) is 0 Å². The van der Waals surface area contributed by atoms with E-state index < -0.39 is 0 Å². The average molecular weight is 255 g/mol. The Morgan fingerprint density at radius 2 is 2.25 bits per heavy atom. The summed E-state index contributed by atoms with van der Waals surface area (Å²) in [5.41, 5.74) is 0. The van der Waals surface area contributed by atoms with E-state index in [0.29, 0.717) is 0 Å². The summed E-state index contributed by atoms with van der Waals surface area (Å²) in [6.07, 6.45) is 4.80. The number of hydrogen-bond acceptors (Lipinski definition) is 0. The fraction of sp³-hybridized carbons (Fsp3) is 0. The first-order chi connectivity index (χ1) is 1.91. The molecular weight excluding hydrogens is 252 g/mol. The molecule has 27 valence electrons. The Bertz CT molecular complexity index is 35.8. The normalized spacial score (nSPS) is 6.00. The van der Waals surface area contributed by atoms with E-state index in [1.54, 1.807) is 0 Å². The van der Waals surface area contributed by atoms with Gasteiger partial charge in [-0.1, -0.05) is 0 Å². The van der Waals surface area contributed by atoms with Crippen molar-refractivity contribution >= 4 is 7.13 Å². The van der Waals surface area contributed by atoms with Crippen LogP contribution in [0, 0.1) is 10.6 Å². The van der Waals surface area contributed by atoms with E-state index in [0.717, 1.165) is 0 Å². The number of rotatable bonds is 0. The van der Waals surface area contributed by atoms with Gasteiger partial charge in [-0.05, 0) is 0 Å². The first kappa shape index (κ1) is 4.73. The van der Waals surface area contributed by atoms with Crippen LogP contribution in [-0.2, 0) is 19.2 Å². The Morgan fingerprint density at radius 1 is 2.00 bits per heavy atom. The van der Waals surface area contributed by atoms with Crippen molar-refractivity contribution in [2.45, 2.75) is 0 Å². The van der Waals surface area contributed by atoms with Gasteiger partial charge < -0.3 is 0 Å². The quantitative estimate of drug-likeness (QED) is 0.335. The SMILES string of the molecule is C#[C][Au][PH2]. The van der Waals surface area contributed by atoms with Gasteiger partial charge in [0.25, 0.3) is 0 Å². The van der Waals surface area contributed by atoms with Crippen LogP contribution in [0.15, 0.2) is 0 Å². The molecule has 0 amide bonds. The summed E-state index contributed by atoms with van der Waals surface area (Å²) in [6.45, 7) is 0. The third-order valence-electron chi connectivity index (χ3n) is 0.0503. The molecule has 0 radical (unpaired) electrons. The van der Waals surface area contributed by atoms with E-state index in [-0.39, 0.29) is 19.2 Å². The second-order valence-corrected chi connectivity index (χ2v) is 2.85. The molecule has 1 unspecified atom stereocenters. The maximum atomic E-state index is 4.80. The van der Waals surface area contributed by atoms with E-state index in [1.807, 2.05) is 0 Å². The molecule has 4 heavy (non-hydrogen) atoms. The Kier molecular flexibility index (Phi) is 4.41. The Morgan fingerprint density at radius 3 is 2.25 bits per heavy atom. The zero-order chi connectivity index (χ0) is 3.41. The van der Waals surface area contributed by atoms with Crippen LogP contribution in [0.3, 0.4) is 0 Å². The summed E-state index contributed by atoms with van der Waals surface area (Å²) < 4.78 is 2.49. The van der Waals surface area contributed by atoms with Crippen LogP contribution in [0.25, 0.3) is 0 Å². The van der Waals surface area contributed by atoms with Crippen molar-refractivity contribution in [1.29, 1.82) is 0 Å². The zero-order valence-corrected chi connectivity index (χ0v) is 5.28. The van der Waals surface area contributed by atoms with Crippen molar-refractivity contribution < 1.29 is 19.2 Å². The Hall–Kier alpha value is 0.730. The summed E-state index contributed by atoms with van der Waals surface area (Å²) in [6, 6.07) is 0. The molecule has 0 fully saturated rings. The van der Waals surface area contributed by atoms with Gasteiger partial charge in [0.15, 0.2) is 0 Å². The van der Waals surface area contributed by atoms with Crippen molar-refractivity contribution in [1.82, 2.24) is 0 Å². The predicted molar refractivity (Wildman–Crippen MR) is 18.5 cm³/mol. The number of hydrogen-bond donors (Lipinski definition) is 0. The first-order valence-electron chi connectivity index (χ1n) is 0.614. The van der Waals surface area contributed by atoms with E-state index >= 15 is 0 Å². The molecule has 0 saturated carbocycles. The molecular formula is C2H3AuP. The van der Waals surface area contributed by atoms with E-state index in [1.165, 1.54) is 0 Å². The van der Waals surface area contributed by atoms with E-state index in [9.17, 15) is 0 Å². The molecule has 0 aromatic carbocycles. The molecule has 0 aromatic rings. The van der Waals surface area contributed by atoms with Crippen LogP contribution in [0.5, 0.6) is 0 Å². The summed E-state index contributed by atoms with van der Waals surface area (Å²) in [5, 5.41) is 0. The van der Waals surface area contributed by atoms with Gasteiger partial charge in [-0.15, -0.1) is 0 Å². The minimum absolute atomic E-state index is 0.137. The van der Waals surface area contributed by atoms with E-state index in [4.69, 9.17) is 6.42 Å². The summed E-state index contributed by atoms with van der Waals surface area (Å²) in [4.78, 5) is 0. The van der Waals surface area contributed by atoms with Crippen molar-refractivity contribution in [3.05, 3.63) is 0 Å². The van der Waals surface area contributed by atoms with Crippen LogP contribution in [-0.4, -0.2) is 0 Å². The topological polar surface area (TPSA) is 0 Å². The second-order valence-electron chi connectivity index (χ2n) is 0.174. The monoisotopic (exact) mass is 255 g/mol. The van der Waals surface area contributed by atoms with Gasteiger partial charge in [-0.2, -0.15) is 0 Å². The van der Waals surface area contributed by atoms with Crippen LogP contribution in [0.1, 0.15) is 0 Å². The van der Waals surface area contributed by atoms with Crippen LogP contribution < -0.4 is 0 Å². The van der Waals surface area contributed by atoms with Gasteiger partial charge >= 0.3 is 36.9 Å². The van der Waals surface area contributed by atoms with Gasteiger partial charge in [0.2, 0.25) is 0 Å². The molecule has 0 nitrogen and oxygen atoms in total. The van der Waals surface area contributed by atoms with Gasteiger partial charge in [-0.25, -0.2) is 0 Å². The summed E-state index contributed by atoms with van der Waals surface area (Å²) >= 11 is 0.137. The molecule has 0 saturated heterocycles. The van der Waals surface area contributed by atoms with Gasteiger partial charge in [0.05, 0.1) is 0 Å². The van der Waals surface area contributed by atoms with E-state index in [2.05, 4.69) is 11.3 Å². The molecule has 1 atom stereocenters. The molecule has 0 N–H and O–H groups in total. The van der Waals surface area contributed by atoms with Crippen molar-refractivity contribution in [2.24, 2.45) is 0 Å². The standard InChI is InChI=1S/C2H.Au.H2P/c1-2;;/h1H;;1H2/q;+1;-1. The fourth-order valence-electron chi connectivity index (χ4n) is 0. The van der Waals surface area contributed by atoms with Crippen LogP contribution in [0.2, 0.25) is 0 Å². The zero-order valence-electron chi connectivity index (χ0n) is 1.96. The van der Waals surface area contributed by atoms with Crippen molar-refractivity contribution in [3.8, 4) is 10.6 Å². The van der Waals surface area contributed by atoms with Crippen LogP contribution >= 0.6 is 7.13 Å². The summed E-state index contributed by atoms with van der Waals surface area (Å²) in [7, 11) is 2.52. The fourth-order valence-corrected chi connectivity index (χ4v) is 0. The Balaban J connectivity index is 2.43. The van der Waals surface area contributed by atoms with Gasteiger partial charge in [0, 0.05) is 0 Å². The molecule has 0 aliphatic carbocycles. The van der Waals surface area contributed by atoms with Crippen LogP contribution in [0.4, 0.5) is 0 Å². The summed E-state index contributed by atoms with van der Waals surface area (Å²) in [5.74, 6) is 0. The first-order valence-corrected chi connectivity index (χ1v) is 5.80. The van der Waals surface area contributed by atoms with Gasteiger partial charge in [0.1, 0.15) is 0 Å². The molecule has 0 heterocycles. The third-order valence-corrected chi connectivity index (χ3v) is 1.23. The third kappa shape index (κ3) is 2.73. The molecule has 0 rings (SSSR count). The molecule has 0 aliphatic heterocycles. The number of terminal acetylenes is 1. The molecule has 0 aliphatic rings. The maximum absolute atomic E-state index is 4.80. The average Bonchev–Trinajstić information content (AvgIpc) is 1.37. The second kappa shape index (κ2) is 3.73. The van der Waals surface area contributed by atoms with Gasteiger partial charge in [-0.3, -0.25) is 0 Å². The molecule has 2 heteroatoms. The Labute approximate surface area is 37.3 Å². The van der Waals surface area contributed by atoms with Crippen molar-refractivity contribution in [3.63, 3.8) is 0 Å².